The number of rotatable bonds is 2. The molecular weight excluding hydrogens is 255 g/mol. The number of ether oxygens (including phenoxy) is 1. The highest BCUT2D eigenvalue weighted by Gasteiger charge is 2.17. The maximum atomic E-state index is 13.2. The van der Waals surface area contributed by atoms with E-state index >= 15 is 0 Å². The van der Waals surface area contributed by atoms with Gasteiger partial charge in [0.25, 0.3) is 0 Å². The lowest BCUT2D eigenvalue weighted by Gasteiger charge is -1.99. The second kappa shape index (κ2) is 4.73. The number of hydrogen-bond donors (Lipinski definition) is 1. The number of methoxy groups -OCH3 is 1. The first-order valence-corrected chi connectivity index (χ1v) is 5.95. The predicted octanol–water partition coefficient (Wildman–Crippen LogP) is 2.63. The number of nitrogens with zero attached hydrogens (tertiary/aromatic N) is 1. The lowest BCUT2D eigenvalue weighted by atomic mass is 10.1. The molecule has 0 aliphatic carbocycles. The van der Waals surface area contributed by atoms with Crippen molar-refractivity contribution in [3.63, 3.8) is 0 Å². The Hall–Kier alpha value is -1.95. The normalized spacial score (nSPS) is 10.4. The third kappa shape index (κ3) is 2.19. The molecule has 2 rings (SSSR count). The van der Waals surface area contributed by atoms with Crippen molar-refractivity contribution in [2.24, 2.45) is 0 Å². The highest BCUT2D eigenvalue weighted by molar-refractivity contribution is 7.19. The van der Waals surface area contributed by atoms with Crippen LogP contribution in [0.2, 0.25) is 0 Å². The predicted molar refractivity (Wildman–Crippen MR) is 68.0 cm³/mol. The third-order valence-corrected chi connectivity index (χ3v) is 3.37. The van der Waals surface area contributed by atoms with Crippen molar-refractivity contribution in [1.82, 2.24) is 4.98 Å². The Balaban J connectivity index is 2.45. The van der Waals surface area contributed by atoms with Crippen molar-refractivity contribution >= 4 is 22.3 Å². The molecule has 2 N–H and O–H groups in total. The summed E-state index contributed by atoms with van der Waals surface area (Å²) in [7, 11) is 1.27. The summed E-state index contributed by atoms with van der Waals surface area (Å²) in [5.41, 5.74) is 7.04. The standard InChI is InChI=1S/C12H11FN2O2S/c1-6-5-7(3-4-8(6)13)11-15-9(10(14)18-11)12(16)17-2/h3-5H,14H2,1-2H3. The minimum absolute atomic E-state index is 0.0967. The number of esters is 1. The lowest BCUT2D eigenvalue weighted by Crippen LogP contribution is -2.04. The van der Waals surface area contributed by atoms with Gasteiger partial charge >= 0.3 is 5.97 Å². The molecule has 0 aliphatic heterocycles. The van der Waals surface area contributed by atoms with Crippen LogP contribution in [0.3, 0.4) is 0 Å². The van der Waals surface area contributed by atoms with Gasteiger partial charge in [-0.2, -0.15) is 0 Å². The van der Waals surface area contributed by atoms with Gasteiger partial charge in [-0.05, 0) is 30.7 Å². The van der Waals surface area contributed by atoms with Crippen molar-refractivity contribution in [3.05, 3.63) is 35.3 Å². The van der Waals surface area contributed by atoms with Crippen molar-refractivity contribution in [2.75, 3.05) is 12.8 Å². The molecule has 0 unspecified atom stereocenters. The molecule has 0 spiro atoms. The summed E-state index contributed by atoms with van der Waals surface area (Å²) in [5, 5.41) is 0.856. The van der Waals surface area contributed by atoms with Crippen molar-refractivity contribution < 1.29 is 13.9 Å². The molecule has 1 aromatic heterocycles. The van der Waals surface area contributed by atoms with Crippen LogP contribution in [0.15, 0.2) is 18.2 Å². The van der Waals surface area contributed by atoms with Crippen LogP contribution in [0, 0.1) is 12.7 Å². The fraction of sp³-hybridized carbons (Fsp3) is 0.167. The van der Waals surface area contributed by atoms with Crippen molar-refractivity contribution in [1.29, 1.82) is 0 Å². The van der Waals surface area contributed by atoms with E-state index in [9.17, 15) is 9.18 Å². The molecular formula is C12H11FN2O2S. The number of aromatic nitrogens is 1. The molecule has 0 atom stereocenters. The maximum Gasteiger partial charge on any atom is 0.359 e. The molecule has 1 aromatic carbocycles. The van der Waals surface area contributed by atoms with Gasteiger partial charge in [-0.1, -0.05) is 11.3 Å². The average Bonchev–Trinajstić information content (AvgIpc) is 2.74. The number of thiazole rings is 1. The summed E-state index contributed by atoms with van der Waals surface area (Å²) in [6.07, 6.45) is 0. The van der Waals surface area contributed by atoms with E-state index in [1.54, 1.807) is 19.1 Å². The van der Waals surface area contributed by atoms with Crippen LogP contribution in [0.1, 0.15) is 16.1 Å². The molecule has 0 radical (unpaired) electrons. The summed E-state index contributed by atoms with van der Waals surface area (Å²) in [4.78, 5) is 15.5. The fourth-order valence-corrected chi connectivity index (χ4v) is 2.29. The molecule has 1 heterocycles. The quantitative estimate of drug-likeness (QED) is 0.849. The van der Waals surface area contributed by atoms with Crippen molar-refractivity contribution in [3.8, 4) is 10.6 Å². The Morgan fingerprint density at radius 1 is 1.50 bits per heavy atom. The van der Waals surface area contributed by atoms with Gasteiger partial charge in [0.2, 0.25) is 0 Å². The highest BCUT2D eigenvalue weighted by atomic mass is 32.1. The Morgan fingerprint density at radius 3 is 2.83 bits per heavy atom. The smallest absolute Gasteiger partial charge is 0.359 e. The number of carbonyl (C=O) groups is 1. The summed E-state index contributed by atoms with van der Waals surface area (Å²) in [6, 6.07) is 4.62. The zero-order valence-corrected chi connectivity index (χ0v) is 10.7. The van der Waals surface area contributed by atoms with Gasteiger partial charge in [0, 0.05) is 5.56 Å². The lowest BCUT2D eigenvalue weighted by molar-refractivity contribution is 0.0596. The first-order chi connectivity index (χ1) is 8.52. The van der Waals surface area contributed by atoms with E-state index < -0.39 is 5.97 Å². The van der Waals surface area contributed by atoms with Crippen LogP contribution < -0.4 is 5.73 Å². The first-order valence-electron chi connectivity index (χ1n) is 5.14. The summed E-state index contributed by atoms with van der Waals surface area (Å²) in [6.45, 7) is 1.66. The SMILES string of the molecule is COC(=O)c1nc(-c2ccc(F)c(C)c2)sc1N. The summed E-state index contributed by atoms with van der Waals surface area (Å²) < 4.78 is 17.7. The van der Waals surface area contributed by atoms with Crippen LogP contribution in [0.25, 0.3) is 10.6 Å². The Bertz CT molecular complexity index is 610. The summed E-state index contributed by atoms with van der Waals surface area (Å²) in [5.74, 6) is -0.856. The molecule has 2 aromatic rings. The van der Waals surface area contributed by atoms with E-state index in [0.717, 1.165) is 5.56 Å². The molecule has 0 saturated heterocycles. The van der Waals surface area contributed by atoms with Gasteiger partial charge in [0.1, 0.15) is 15.8 Å². The number of nitrogen functional groups attached to an aromatic ring is 1. The molecule has 0 aliphatic rings. The Kier molecular flexibility index (Phi) is 3.29. The average molecular weight is 266 g/mol. The van der Waals surface area contributed by atoms with Crippen molar-refractivity contribution in [2.45, 2.75) is 6.92 Å². The number of nitrogens with two attached hydrogens (primary N) is 1. The molecule has 94 valence electrons. The van der Waals surface area contributed by atoms with E-state index in [2.05, 4.69) is 9.72 Å². The summed E-state index contributed by atoms with van der Waals surface area (Å²) >= 11 is 1.17. The second-order valence-corrected chi connectivity index (χ2v) is 4.72. The molecule has 0 bridgehead atoms. The number of aryl methyl sites for hydroxylation is 1. The molecule has 0 fully saturated rings. The van der Waals surface area contributed by atoms with Gasteiger partial charge < -0.3 is 10.5 Å². The Labute approximate surface area is 107 Å². The monoisotopic (exact) mass is 266 g/mol. The molecule has 6 heteroatoms. The largest absolute Gasteiger partial charge is 0.464 e. The van der Waals surface area contributed by atoms with Gasteiger partial charge in [-0.3, -0.25) is 0 Å². The van der Waals surface area contributed by atoms with Crippen LogP contribution in [0.4, 0.5) is 9.39 Å². The third-order valence-electron chi connectivity index (χ3n) is 2.44. The molecule has 4 nitrogen and oxygen atoms in total. The number of hydrogen-bond acceptors (Lipinski definition) is 5. The number of carbonyl (C=O) groups excluding carboxylic acids is 1. The molecule has 0 amide bonds. The van der Waals surface area contributed by atoms with Crippen LogP contribution in [-0.4, -0.2) is 18.1 Å². The number of halogens is 1. The number of benzene rings is 1. The zero-order chi connectivity index (χ0) is 13.3. The van der Waals surface area contributed by atoms with Crippen LogP contribution in [-0.2, 0) is 4.74 Å². The maximum absolute atomic E-state index is 13.2. The fourth-order valence-electron chi connectivity index (χ4n) is 1.48. The minimum atomic E-state index is -0.575. The van der Waals surface area contributed by atoms with Crippen LogP contribution >= 0.6 is 11.3 Å². The molecule has 18 heavy (non-hydrogen) atoms. The van der Waals surface area contributed by atoms with Gasteiger partial charge in [-0.15, -0.1) is 0 Å². The Morgan fingerprint density at radius 2 is 2.22 bits per heavy atom. The minimum Gasteiger partial charge on any atom is -0.464 e. The van der Waals surface area contributed by atoms with Gasteiger partial charge in [-0.25, -0.2) is 14.2 Å². The van der Waals surface area contributed by atoms with Crippen LogP contribution in [0.5, 0.6) is 0 Å². The first kappa shape index (κ1) is 12.5. The van der Waals surface area contributed by atoms with Gasteiger partial charge in [0.15, 0.2) is 5.69 Å². The van der Waals surface area contributed by atoms with E-state index in [0.29, 0.717) is 15.6 Å². The van der Waals surface area contributed by atoms with E-state index in [1.807, 2.05) is 0 Å². The molecule has 0 saturated carbocycles. The van der Waals surface area contributed by atoms with Gasteiger partial charge in [0.05, 0.1) is 7.11 Å². The topological polar surface area (TPSA) is 65.2 Å². The number of anilines is 1. The van der Waals surface area contributed by atoms with E-state index in [-0.39, 0.29) is 11.5 Å². The van der Waals surface area contributed by atoms with E-state index in [1.165, 1.54) is 24.5 Å². The highest BCUT2D eigenvalue weighted by Crippen LogP contribution is 2.31. The van der Waals surface area contributed by atoms with E-state index in [4.69, 9.17) is 5.73 Å². The second-order valence-electron chi connectivity index (χ2n) is 3.69. The zero-order valence-electron chi connectivity index (χ0n) is 9.86.